The first kappa shape index (κ1) is 13.3. The fourth-order valence-electron chi connectivity index (χ4n) is 2.13. The van der Waals surface area contributed by atoms with Gasteiger partial charge in [0.25, 0.3) is 0 Å². The van der Waals surface area contributed by atoms with Crippen molar-refractivity contribution in [2.24, 2.45) is 0 Å². The number of anilines is 2. The maximum Gasteiger partial charge on any atom is 0.228 e. The van der Waals surface area contributed by atoms with Gasteiger partial charge in [0.2, 0.25) is 5.95 Å². The number of halogens is 1. The maximum absolute atomic E-state index is 5.92. The fourth-order valence-corrected chi connectivity index (χ4v) is 2.39. The molecule has 3 rings (SSSR count). The monoisotopic (exact) mass is 334 g/mol. The van der Waals surface area contributed by atoms with Crippen molar-refractivity contribution >= 4 is 27.7 Å². The van der Waals surface area contributed by atoms with Crippen molar-refractivity contribution in [1.29, 1.82) is 0 Å². The Labute approximate surface area is 125 Å². The predicted molar refractivity (Wildman–Crippen MR) is 82.6 cm³/mol. The molecule has 1 aliphatic rings. The number of nitrogens with zero attached hydrogens (tertiary/aromatic N) is 3. The van der Waals surface area contributed by atoms with E-state index in [1.165, 1.54) is 0 Å². The Morgan fingerprint density at radius 2 is 1.80 bits per heavy atom. The first-order valence-corrected chi connectivity index (χ1v) is 7.25. The third-order valence-electron chi connectivity index (χ3n) is 3.17. The smallest absolute Gasteiger partial charge is 0.228 e. The lowest BCUT2D eigenvalue weighted by Gasteiger charge is -2.27. The number of benzene rings is 1. The minimum atomic E-state index is 0.486. The molecule has 0 bridgehead atoms. The SMILES string of the molecule is Nc1cc(-c2ccc(Br)cc2)nc(N2CCOCC2)n1. The van der Waals surface area contributed by atoms with Gasteiger partial charge in [-0.05, 0) is 12.1 Å². The van der Waals surface area contributed by atoms with E-state index in [2.05, 4.69) is 30.8 Å². The summed E-state index contributed by atoms with van der Waals surface area (Å²) in [4.78, 5) is 11.0. The molecule has 2 heterocycles. The molecule has 0 aliphatic carbocycles. The Morgan fingerprint density at radius 1 is 1.10 bits per heavy atom. The van der Waals surface area contributed by atoms with Crippen LogP contribution in [0.2, 0.25) is 0 Å². The Bertz CT molecular complexity index is 597. The molecular weight excluding hydrogens is 320 g/mol. The van der Waals surface area contributed by atoms with Crippen LogP contribution in [0, 0.1) is 0 Å². The summed E-state index contributed by atoms with van der Waals surface area (Å²) in [5.41, 5.74) is 7.78. The van der Waals surface area contributed by atoms with Gasteiger partial charge >= 0.3 is 0 Å². The average molecular weight is 335 g/mol. The van der Waals surface area contributed by atoms with Crippen LogP contribution in [-0.4, -0.2) is 36.3 Å². The zero-order valence-corrected chi connectivity index (χ0v) is 12.5. The summed E-state index contributed by atoms with van der Waals surface area (Å²) >= 11 is 3.43. The number of ether oxygens (including phenoxy) is 1. The molecule has 5 nitrogen and oxygen atoms in total. The van der Waals surface area contributed by atoms with Gasteiger partial charge in [-0.25, -0.2) is 4.98 Å². The molecule has 2 aromatic rings. The van der Waals surface area contributed by atoms with Gasteiger partial charge in [-0.1, -0.05) is 28.1 Å². The van der Waals surface area contributed by atoms with Gasteiger partial charge in [-0.2, -0.15) is 4.98 Å². The van der Waals surface area contributed by atoms with Crippen LogP contribution in [0.1, 0.15) is 0 Å². The van der Waals surface area contributed by atoms with E-state index in [1.54, 1.807) is 6.07 Å². The van der Waals surface area contributed by atoms with Crippen LogP contribution >= 0.6 is 15.9 Å². The summed E-state index contributed by atoms with van der Waals surface area (Å²) in [6.07, 6.45) is 0. The minimum absolute atomic E-state index is 0.486. The molecule has 1 aliphatic heterocycles. The van der Waals surface area contributed by atoms with E-state index in [4.69, 9.17) is 10.5 Å². The fraction of sp³-hybridized carbons (Fsp3) is 0.286. The second kappa shape index (κ2) is 5.76. The lowest BCUT2D eigenvalue weighted by molar-refractivity contribution is 0.122. The number of hydrogen-bond acceptors (Lipinski definition) is 5. The highest BCUT2D eigenvalue weighted by atomic mass is 79.9. The lowest BCUT2D eigenvalue weighted by atomic mass is 10.1. The van der Waals surface area contributed by atoms with Crippen LogP contribution < -0.4 is 10.6 Å². The standard InChI is InChI=1S/C14H15BrN4O/c15-11-3-1-10(2-4-11)12-9-13(16)18-14(17-12)19-5-7-20-8-6-19/h1-4,9H,5-8H2,(H2,16,17,18). The molecule has 104 valence electrons. The van der Waals surface area contributed by atoms with Crippen LogP contribution in [0.25, 0.3) is 11.3 Å². The van der Waals surface area contributed by atoms with Crippen molar-refractivity contribution in [2.75, 3.05) is 36.9 Å². The number of nitrogens with two attached hydrogens (primary N) is 1. The Morgan fingerprint density at radius 3 is 2.50 bits per heavy atom. The molecule has 1 fully saturated rings. The zero-order chi connectivity index (χ0) is 13.9. The predicted octanol–water partition coefficient (Wildman–Crippen LogP) is 2.32. The van der Waals surface area contributed by atoms with E-state index in [0.717, 1.165) is 28.8 Å². The highest BCUT2D eigenvalue weighted by Gasteiger charge is 2.15. The van der Waals surface area contributed by atoms with Gasteiger partial charge in [0.05, 0.1) is 18.9 Å². The first-order valence-electron chi connectivity index (χ1n) is 6.45. The molecule has 1 aromatic carbocycles. The first-order chi connectivity index (χ1) is 9.72. The lowest BCUT2D eigenvalue weighted by Crippen LogP contribution is -2.37. The summed E-state index contributed by atoms with van der Waals surface area (Å²) in [5.74, 6) is 1.16. The normalized spacial score (nSPS) is 15.3. The van der Waals surface area contributed by atoms with Gasteiger partial charge in [-0.15, -0.1) is 0 Å². The molecule has 2 N–H and O–H groups in total. The average Bonchev–Trinajstić information content (AvgIpc) is 2.48. The molecule has 0 spiro atoms. The van der Waals surface area contributed by atoms with Crippen molar-refractivity contribution in [1.82, 2.24) is 9.97 Å². The van der Waals surface area contributed by atoms with Crippen molar-refractivity contribution in [2.45, 2.75) is 0 Å². The van der Waals surface area contributed by atoms with Gasteiger partial charge in [0, 0.05) is 29.2 Å². The Kier molecular flexibility index (Phi) is 3.84. The summed E-state index contributed by atoms with van der Waals surface area (Å²) in [5, 5.41) is 0. The molecule has 0 amide bonds. The topological polar surface area (TPSA) is 64.3 Å². The van der Waals surface area contributed by atoms with Crippen molar-refractivity contribution in [3.8, 4) is 11.3 Å². The van der Waals surface area contributed by atoms with Gasteiger partial charge in [-0.3, -0.25) is 0 Å². The van der Waals surface area contributed by atoms with Crippen molar-refractivity contribution in [3.05, 3.63) is 34.8 Å². The van der Waals surface area contributed by atoms with Crippen LogP contribution in [-0.2, 0) is 4.74 Å². The third kappa shape index (κ3) is 2.91. The number of hydrogen-bond donors (Lipinski definition) is 1. The summed E-state index contributed by atoms with van der Waals surface area (Å²) in [6, 6.07) is 9.79. The molecule has 1 aromatic heterocycles. The summed E-state index contributed by atoms with van der Waals surface area (Å²) in [6.45, 7) is 2.99. The van der Waals surface area contributed by atoms with Crippen LogP contribution in [0.5, 0.6) is 0 Å². The molecular formula is C14H15BrN4O. The highest BCUT2D eigenvalue weighted by Crippen LogP contribution is 2.23. The zero-order valence-electron chi connectivity index (χ0n) is 10.9. The largest absolute Gasteiger partial charge is 0.384 e. The molecule has 20 heavy (non-hydrogen) atoms. The minimum Gasteiger partial charge on any atom is -0.384 e. The van der Waals surface area contributed by atoms with Gasteiger partial charge in [0.1, 0.15) is 5.82 Å². The number of morpholine rings is 1. The molecule has 0 unspecified atom stereocenters. The second-order valence-electron chi connectivity index (χ2n) is 4.58. The number of nitrogen functional groups attached to an aromatic ring is 1. The molecule has 0 saturated carbocycles. The van der Waals surface area contributed by atoms with E-state index in [0.29, 0.717) is 25.0 Å². The summed E-state index contributed by atoms with van der Waals surface area (Å²) in [7, 11) is 0. The molecule has 6 heteroatoms. The second-order valence-corrected chi connectivity index (χ2v) is 5.50. The number of aromatic nitrogens is 2. The van der Waals surface area contributed by atoms with E-state index in [-0.39, 0.29) is 0 Å². The van der Waals surface area contributed by atoms with E-state index >= 15 is 0 Å². The van der Waals surface area contributed by atoms with Crippen LogP contribution in [0.4, 0.5) is 11.8 Å². The molecule has 1 saturated heterocycles. The van der Waals surface area contributed by atoms with E-state index in [1.807, 2.05) is 24.3 Å². The van der Waals surface area contributed by atoms with Crippen LogP contribution in [0.15, 0.2) is 34.8 Å². The quantitative estimate of drug-likeness (QED) is 0.913. The van der Waals surface area contributed by atoms with Crippen molar-refractivity contribution < 1.29 is 4.74 Å². The Balaban J connectivity index is 1.95. The van der Waals surface area contributed by atoms with E-state index < -0.39 is 0 Å². The molecule has 0 atom stereocenters. The molecule has 0 radical (unpaired) electrons. The van der Waals surface area contributed by atoms with Gasteiger partial charge in [0.15, 0.2) is 0 Å². The van der Waals surface area contributed by atoms with Crippen LogP contribution in [0.3, 0.4) is 0 Å². The Hall–Kier alpha value is -1.66. The van der Waals surface area contributed by atoms with Crippen molar-refractivity contribution in [3.63, 3.8) is 0 Å². The van der Waals surface area contributed by atoms with E-state index in [9.17, 15) is 0 Å². The van der Waals surface area contributed by atoms with Gasteiger partial charge < -0.3 is 15.4 Å². The third-order valence-corrected chi connectivity index (χ3v) is 3.70. The highest BCUT2D eigenvalue weighted by molar-refractivity contribution is 9.10. The number of rotatable bonds is 2. The maximum atomic E-state index is 5.92. The summed E-state index contributed by atoms with van der Waals surface area (Å²) < 4.78 is 6.38.